The van der Waals surface area contributed by atoms with Crippen molar-refractivity contribution in [2.75, 3.05) is 0 Å². The van der Waals surface area contributed by atoms with Crippen molar-refractivity contribution in [1.29, 1.82) is 0 Å². The van der Waals surface area contributed by atoms with Gasteiger partial charge in [0.05, 0.1) is 5.41 Å². The molecule has 0 spiro atoms. The van der Waals surface area contributed by atoms with Gasteiger partial charge < -0.3 is 0 Å². The fourth-order valence-electron chi connectivity index (χ4n) is 1.53. The molecule has 0 aliphatic rings. The lowest BCUT2D eigenvalue weighted by molar-refractivity contribution is -0.117. The molecule has 0 aromatic heterocycles. The first-order chi connectivity index (χ1) is 6.90. The summed E-state index contributed by atoms with van der Waals surface area (Å²) in [6, 6.07) is 7.33. The Morgan fingerprint density at radius 2 is 1.87 bits per heavy atom. The molecule has 1 aromatic carbocycles. The standard InChI is InChI=1S/C12H14Cl2O/c1-8(2)12(3,11(14)15)9-6-4-5-7-10(9)13/h4-8H,1-3H3. The van der Waals surface area contributed by atoms with Crippen LogP contribution in [-0.4, -0.2) is 5.24 Å². The summed E-state index contributed by atoms with van der Waals surface area (Å²) in [6.07, 6.45) is 0. The number of rotatable bonds is 3. The summed E-state index contributed by atoms with van der Waals surface area (Å²) in [7, 11) is 0. The van der Waals surface area contributed by atoms with Crippen molar-refractivity contribution >= 4 is 28.4 Å². The van der Waals surface area contributed by atoms with Crippen LogP contribution in [0.3, 0.4) is 0 Å². The molecular weight excluding hydrogens is 231 g/mol. The van der Waals surface area contributed by atoms with Gasteiger partial charge in [-0.05, 0) is 36.1 Å². The molecule has 1 atom stereocenters. The first kappa shape index (κ1) is 12.5. The van der Waals surface area contributed by atoms with Crippen LogP contribution in [0, 0.1) is 5.92 Å². The van der Waals surface area contributed by atoms with Crippen LogP contribution in [0.4, 0.5) is 0 Å². The van der Waals surface area contributed by atoms with Crippen molar-refractivity contribution in [3.63, 3.8) is 0 Å². The van der Waals surface area contributed by atoms with Gasteiger partial charge in [-0.25, -0.2) is 0 Å². The molecule has 0 fully saturated rings. The Morgan fingerprint density at radius 1 is 1.33 bits per heavy atom. The Kier molecular flexibility index (Phi) is 3.80. The zero-order valence-corrected chi connectivity index (χ0v) is 10.6. The molecule has 3 heteroatoms. The predicted octanol–water partition coefficient (Wildman–Crippen LogP) is 4.02. The van der Waals surface area contributed by atoms with Crippen LogP contribution in [0.2, 0.25) is 5.02 Å². The number of hydrogen-bond acceptors (Lipinski definition) is 1. The highest BCUT2D eigenvalue weighted by Gasteiger charge is 2.38. The molecule has 0 bridgehead atoms. The Hall–Kier alpha value is -0.530. The van der Waals surface area contributed by atoms with Gasteiger partial charge in [-0.15, -0.1) is 0 Å². The van der Waals surface area contributed by atoms with Gasteiger partial charge >= 0.3 is 0 Å². The number of hydrogen-bond donors (Lipinski definition) is 0. The summed E-state index contributed by atoms with van der Waals surface area (Å²) in [6.45, 7) is 5.75. The minimum Gasteiger partial charge on any atom is -0.280 e. The van der Waals surface area contributed by atoms with E-state index in [1.807, 2.05) is 39.0 Å². The largest absolute Gasteiger partial charge is 0.280 e. The number of benzene rings is 1. The summed E-state index contributed by atoms with van der Waals surface area (Å²) in [5, 5.41) is 0.216. The third kappa shape index (κ3) is 2.19. The Morgan fingerprint density at radius 3 is 2.27 bits per heavy atom. The molecule has 0 aliphatic heterocycles. The van der Waals surface area contributed by atoms with Crippen LogP contribution < -0.4 is 0 Å². The third-order valence-corrected chi connectivity index (χ3v) is 3.72. The van der Waals surface area contributed by atoms with Crippen LogP contribution in [-0.2, 0) is 10.2 Å². The predicted molar refractivity (Wildman–Crippen MR) is 64.5 cm³/mol. The molecule has 0 saturated carbocycles. The maximum Gasteiger partial charge on any atom is 0.232 e. The smallest absolute Gasteiger partial charge is 0.232 e. The zero-order valence-electron chi connectivity index (χ0n) is 9.05. The van der Waals surface area contributed by atoms with E-state index < -0.39 is 5.41 Å². The molecular formula is C12H14Cl2O. The third-order valence-electron chi connectivity index (χ3n) is 3.00. The molecule has 15 heavy (non-hydrogen) atoms. The fraction of sp³-hybridized carbons (Fsp3) is 0.417. The van der Waals surface area contributed by atoms with Crippen LogP contribution >= 0.6 is 23.2 Å². The Bertz CT molecular complexity index is 374. The van der Waals surface area contributed by atoms with E-state index in [0.717, 1.165) is 5.56 Å². The van der Waals surface area contributed by atoms with Gasteiger partial charge in [-0.2, -0.15) is 0 Å². The van der Waals surface area contributed by atoms with E-state index >= 15 is 0 Å². The second kappa shape index (κ2) is 4.54. The van der Waals surface area contributed by atoms with E-state index in [0.29, 0.717) is 5.02 Å². The number of carbonyl (C=O) groups excluding carboxylic acids is 1. The summed E-state index contributed by atoms with van der Waals surface area (Å²) in [5.74, 6) is 0.0994. The van der Waals surface area contributed by atoms with Crippen molar-refractivity contribution in [2.24, 2.45) is 5.92 Å². The van der Waals surface area contributed by atoms with Crippen LogP contribution in [0.25, 0.3) is 0 Å². The van der Waals surface area contributed by atoms with Crippen LogP contribution in [0.5, 0.6) is 0 Å². The Labute approximate surface area is 100 Å². The van der Waals surface area contributed by atoms with Gasteiger partial charge in [-0.3, -0.25) is 4.79 Å². The first-order valence-corrected chi connectivity index (χ1v) is 5.61. The van der Waals surface area contributed by atoms with Crippen LogP contribution in [0.15, 0.2) is 24.3 Å². The summed E-state index contributed by atoms with van der Waals surface area (Å²) < 4.78 is 0. The SMILES string of the molecule is CC(C)C(C)(C(=O)Cl)c1ccccc1Cl. The van der Waals surface area contributed by atoms with E-state index in [1.54, 1.807) is 6.07 Å². The van der Waals surface area contributed by atoms with Gasteiger partial charge in [0.25, 0.3) is 0 Å². The second-order valence-electron chi connectivity index (χ2n) is 4.11. The van der Waals surface area contributed by atoms with E-state index in [4.69, 9.17) is 23.2 Å². The topological polar surface area (TPSA) is 17.1 Å². The lowest BCUT2D eigenvalue weighted by Gasteiger charge is -2.31. The number of halogens is 2. The molecule has 1 aromatic rings. The lowest BCUT2D eigenvalue weighted by atomic mass is 9.74. The number of carbonyl (C=O) groups is 1. The lowest BCUT2D eigenvalue weighted by Crippen LogP contribution is -2.35. The molecule has 0 aliphatic carbocycles. The van der Waals surface area contributed by atoms with Crippen molar-refractivity contribution in [3.8, 4) is 0 Å². The quantitative estimate of drug-likeness (QED) is 0.735. The molecule has 0 radical (unpaired) electrons. The van der Waals surface area contributed by atoms with Gasteiger partial charge in [0, 0.05) is 5.02 Å². The van der Waals surface area contributed by atoms with E-state index in [9.17, 15) is 4.79 Å². The van der Waals surface area contributed by atoms with Crippen molar-refractivity contribution in [1.82, 2.24) is 0 Å². The minimum absolute atomic E-state index is 0.0994. The van der Waals surface area contributed by atoms with Crippen molar-refractivity contribution < 1.29 is 4.79 Å². The normalized spacial score (nSPS) is 15.1. The average molecular weight is 245 g/mol. The molecule has 0 saturated heterocycles. The highest BCUT2D eigenvalue weighted by Crippen LogP contribution is 2.38. The molecule has 1 rings (SSSR count). The van der Waals surface area contributed by atoms with E-state index in [1.165, 1.54) is 0 Å². The molecule has 1 nitrogen and oxygen atoms in total. The summed E-state index contributed by atoms with van der Waals surface area (Å²) >= 11 is 11.8. The first-order valence-electron chi connectivity index (χ1n) is 4.85. The van der Waals surface area contributed by atoms with Crippen molar-refractivity contribution in [3.05, 3.63) is 34.9 Å². The maximum atomic E-state index is 11.6. The summed E-state index contributed by atoms with van der Waals surface area (Å²) in [5.41, 5.74) is 0.0709. The molecule has 0 heterocycles. The van der Waals surface area contributed by atoms with E-state index in [2.05, 4.69) is 0 Å². The van der Waals surface area contributed by atoms with Gasteiger partial charge in [0.1, 0.15) is 0 Å². The zero-order chi connectivity index (χ0) is 11.6. The minimum atomic E-state index is -0.722. The fourth-order valence-corrected chi connectivity index (χ4v) is 2.18. The second-order valence-corrected chi connectivity index (χ2v) is 4.86. The monoisotopic (exact) mass is 244 g/mol. The van der Waals surface area contributed by atoms with E-state index in [-0.39, 0.29) is 11.2 Å². The molecule has 0 amide bonds. The Balaban J connectivity index is 3.34. The highest BCUT2D eigenvalue weighted by molar-refractivity contribution is 6.65. The average Bonchev–Trinajstić information content (AvgIpc) is 2.16. The van der Waals surface area contributed by atoms with Crippen molar-refractivity contribution in [2.45, 2.75) is 26.2 Å². The maximum absolute atomic E-state index is 11.6. The highest BCUT2D eigenvalue weighted by atomic mass is 35.5. The molecule has 0 N–H and O–H groups in total. The summed E-state index contributed by atoms with van der Waals surface area (Å²) in [4.78, 5) is 11.6. The van der Waals surface area contributed by atoms with Gasteiger partial charge in [0.15, 0.2) is 0 Å². The van der Waals surface area contributed by atoms with Gasteiger partial charge in [-0.1, -0.05) is 43.6 Å². The van der Waals surface area contributed by atoms with Gasteiger partial charge in [0.2, 0.25) is 5.24 Å². The molecule has 82 valence electrons. The molecule has 1 unspecified atom stereocenters. The van der Waals surface area contributed by atoms with Crippen LogP contribution in [0.1, 0.15) is 26.3 Å².